The van der Waals surface area contributed by atoms with Gasteiger partial charge >= 0.3 is 0 Å². The Morgan fingerprint density at radius 1 is 1.44 bits per heavy atom. The summed E-state index contributed by atoms with van der Waals surface area (Å²) in [6.07, 6.45) is 3.88. The molecule has 4 heteroatoms. The standard InChI is InChI=1S/C12H14N2OS/c13-11-9(15-6-5-8-1-2-8)3-4-10-12(11)14-7-16-10/h3-4,7-8H,1-2,5-6,13H2. The number of ether oxygens (including phenoxy) is 1. The van der Waals surface area contributed by atoms with Crippen LogP contribution in [0.4, 0.5) is 5.69 Å². The van der Waals surface area contributed by atoms with E-state index >= 15 is 0 Å². The van der Waals surface area contributed by atoms with Gasteiger partial charge in [0, 0.05) is 0 Å². The Labute approximate surface area is 98.2 Å². The lowest BCUT2D eigenvalue weighted by atomic mass is 10.2. The summed E-state index contributed by atoms with van der Waals surface area (Å²) in [7, 11) is 0. The molecule has 0 spiro atoms. The van der Waals surface area contributed by atoms with E-state index in [-0.39, 0.29) is 0 Å². The van der Waals surface area contributed by atoms with Crippen LogP contribution in [0.5, 0.6) is 5.75 Å². The molecule has 0 aliphatic heterocycles. The second-order valence-corrected chi connectivity index (χ2v) is 5.14. The van der Waals surface area contributed by atoms with Gasteiger partial charge in [0.1, 0.15) is 17.0 Å². The van der Waals surface area contributed by atoms with E-state index < -0.39 is 0 Å². The highest BCUT2D eigenvalue weighted by Crippen LogP contribution is 2.34. The second kappa shape index (κ2) is 3.94. The molecular weight excluding hydrogens is 220 g/mol. The topological polar surface area (TPSA) is 48.1 Å². The number of hydrogen-bond acceptors (Lipinski definition) is 4. The molecule has 1 saturated carbocycles. The van der Waals surface area contributed by atoms with Crippen LogP contribution < -0.4 is 10.5 Å². The molecule has 0 unspecified atom stereocenters. The molecule has 1 aromatic carbocycles. The number of nitrogens with two attached hydrogens (primary N) is 1. The van der Waals surface area contributed by atoms with Crippen molar-refractivity contribution in [2.75, 3.05) is 12.3 Å². The van der Waals surface area contributed by atoms with Gasteiger partial charge in [-0.15, -0.1) is 11.3 Å². The maximum Gasteiger partial charge on any atom is 0.144 e. The van der Waals surface area contributed by atoms with Crippen LogP contribution in [-0.2, 0) is 0 Å². The normalized spacial score (nSPS) is 15.5. The van der Waals surface area contributed by atoms with Crippen molar-refractivity contribution in [3.8, 4) is 5.75 Å². The number of fused-ring (bicyclic) bond motifs is 1. The second-order valence-electron chi connectivity index (χ2n) is 4.26. The highest BCUT2D eigenvalue weighted by molar-refractivity contribution is 7.16. The van der Waals surface area contributed by atoms with Gasteiger partial charge in [0.05, 0.1) is 16.8 Å². The average molecular weight is 234 g/mol. The first-order valence-electron chi connectivity index (χ1n) is 5.59. The van der Waals surface area contributed by atoms with E-state index in [2.05, 4.69) is 4.98 Å². The SMILES string of the molecule is Nc1c(OCCC2CC2)ccc2scnc12. The summed E-state index contributed by atoms with van der Waals surface area (Å²) in [6, 6.07) is 3.97. The fourth-order valence-corrected chi connectivity index (χ4v) is 2.49. The Bertz CT molecular complexity index is 505. The van der Waals surface area contributed by atoms with Gasteiger partial charge in [-0.05, 0) is 24.5 Å². The Balaban J connectivity index is 1.76. The summed E-state index contributed by atoms with van der Waals surface area (Å²) in [5, 5.41) is 0. The Morgan fingerprint density at radius 3 is 3.12 bits per heavy atom. The molecule has 1 heterocycles. The fraction of sp³-hybridized carbons (Fsp3) is 0.417. The van der Waals surface area contributed by atoms with Gasteiger partial charge in [-0.25, -0.2) is 4.98 Å². The molecule has 2 N–H and O–H groups in total. The molecule has 1 aliphatic rings. The van der Waals surface area contributed by atoms with E-state index in [1.54, 1.807) is 11.3 Å². The highest BCUT2D eigenvalue weighted by Gasteiger charge is 2.20. The molecular formula is C12H14N2OS. The van der Waals surface area contributed by atoms with Crippen LogP contribution in [-0.4, -0.2) is 11.6 Å². The van der Waals surface area contributed by atoms with Crippen LogP contribution >= 0.6 is 11.3 Å². The maximum atomic E-state index is 6.02. The number of thiazole rings is 1. The molecule has 3 nitrogen and oxygen atoms in total. The van der Waals surface area contributed by atoms with Gasteiger partial charge in [-0.2, -0.15) is 0 Å². The van der Waals surface area contributed by atoms with Crippen molar-refractivity contribution in [1.29, 1.82) is 0 Å². The van der Waals surface area contributed by atoms with E-state index in [1.807, 2.05) is 17.6 Å². The quantitative estimate of drug-likeness (QED) is 0.827. The number of nitrogen functional groups attached to an aromatic ring is 1. The molecule has 2 aromatic rings. The predicted octanol–water partition coefficient (Wildman–Crippen LogP) is 3.06. The minimum Gasteiger partial charge on any atom is -0.491 e. The zero-order valence-electron chi connectivity index (χ0n) is 8.98. The monoisotopic (exact) mass is 234 g/mol. The molecule has 0 saturated heterocycles. The first kappa shape index (κ1) is 9.90. The number of nitrogens with zero attached hydrogens (tertiary/aromatic N) is 1. The van der Waals surface area contributed by atoms with Crippen molar-refractivity contribution in [2.24, 2.45) is 5.92 Å². The molecule has 0 radical (unpaired) electrons. The predicted molar refractivity (Wildman–Crippen MR) is 66.9 cm³/mol. The molecule has 3 rings (SSSR count). The molecule has 0 bridgehead atoms. The number of hydrogen-bond donors (Lipinski definition) is 1. The van der Waals surface area contributed by atoms with Crippen LogP contribution in [0.25, 0.3) is 10.2 Å². The average Bonchev–Trinajstić information content (AvgIpc) is 2.97. The van der Waals surface area contributed by atoms with Crippen molar-refractivity contribution in [3.63, 3.8) is 0 Å². The van der Waals surface area contributed by atoms with Gasteiger partial charge < -0.3 is 10.5 Å². The van der Waals surface area contributed by atoms with Crippen molar-refractivity contribution in [3.05, 3.63) is 17.6 Å². The first-order chi connectivity index (χ1) is 7.84. The lowest BCUT2D eigenvalue weighted by Crippen LogP contribution is -2.01. The minimum absolute atomic E-state index is 0.676. The lowest BCUT2D eigenvalue weighted by Gasteiger charge is -2.08. The van der Waals surface area contributed by atoms with E-state index in [1.165, 1.54) is 12.8 Å². The number of anilines is 1. The highest BCUT2D eigenvalue weighted by atomic mass is 32.1. The third kappa shape index (κ3) is 1.85. The van der Waals surface area contributed by atoms with E-state index in [4.69, 9.17) is 10.5 Å². The van der Waals surface area contributed by atoms with Gasteiger partial charge in [-0.1, -0.05) is 12.8 Å². The summed E-state index contributed by atoms with van der Waals surface area (Å²) < 4.78 is 6.82. The zero-order valence-corrected chi connectivity index (χ0v) is 9.80. The van der Waals surface area contributed by atoms with E-state index in [0.717, 1.165) is 34.9 Å². The largest absolute Gasteiger partial charge is 0.491 e. The summed E-state index contributed by atoms with van der Waals surface area (Å²) in [4.78, 5) is 4.25. The first-order valence-corrected chi connectivity index (χ1v) is 6.47. The Morgan fingerprint density at radius 2 is 2.31 bits per heavy atom. The lowest BCUT2D eigenvalue weighted by molar-refractivity contribution is 0.304. The maximum absolute atomic E-state index is 6.02. The van der Waals surface area contributed by atoms with Gasteiger partial charge in [-0.3, -0.25) is 0 Å². The molecule has 84 valence electrons. The van der Waals surface area contributed by atoms with E-state index in [9.17, 15) is 0 Å². The molecule has 0 amide bonds. The Kier molecular flexibility index (Phi) is 2.44. The zero-order chi connectivity index (χ0) is 11.0. The summed E-state index contributed by atoms with van der Waals surface area (Å²) in [6.45, 7) is 0.768. The third-order valence-electron chi connectivity index (χ3n) is 2.98. The van der Waals surface area contributed by atoms with E-state index in [0.29, 0.717) is 5.69 Å². The summed E-state index contributed by atoms with van der Waals surface area (Å²) >= 11 is 1.60. The van der Waals surface area contributed by atoms with Crippen LogP contribution in [0.2, 0.25) is 0 Å². The van der Waals surface area contributed by atoms with Gasteiger partial charge in [0.15, 0.2) is 0 Å². The minimum atomic E-state index is 0.676. The third-order valence-corrected chi connectivity index (χ3v) is 3.78. The fourth-order valence-electron chi connectivity index (χ4n) is 1.80. The number of aromatic nitrogens is 1. The van der Waals surface area contributed by atoms with Crippen LogP contribution in [0.3, 0.4) is 0 Å². The molecule has 1 fully saturated rings. The molecule has 16 heavy (non-hydrogen) atoms. The smallest absolute Gasteiger partial charge is 0.144 e. The van der Waals surface area contributed by atoms with Gasteiger partial charge in [0.2, 0.25) is 0 Å². The van der Waals surface area contributed by atoms with Gasteiger partial charge in [0.25, 0.3) is 0 Å². The van der Waals surface area contributed by atoms with Crippen LogP contribution in [0, 0.1) is 5.92 Å². The number of rotatable bonds is 4. The van der Waals surface area contributed by atoms with Crippen molar-refractivity contribution in [1.82, 2.24) is 4.98 Å². The van der Waals surface area contributed by atoms with Crippen molar-refractivity contribution < 1.29 is 4.74 Å². The van der Waals surface area contributed by atoms with Crippen molar-refractivity contribution >= 4 is 27.2 Å². The summed E-state index contributed by atoms with van der Waals surface area (Å²) in [5.74, 6) is 1.67. The van der Waals surface area contributed by atoms with Crippen LogP contribution in [0.15, 0.2) is 17.6 Å². The number of benzene rings is 1. The molecule has 1 aromatic heterocycles. The molecule has 0 atom stereocenters. The summed E-state index contributed by atoms with van der Waals surface area (Å²) in [5.41, 5.74) is 9.37. The van der Waals surface area contributed by atoms with Crippen molar-refractivity contribution in [2.45, 2.75) is 19.3 Å². The molecule has 1 aliphatic carbocycles. The Hall–Kier alpha value is -1.29. The van der Waals surface area contributed by atoms with Crippen LogP contribution in [0.1, 0.15) is 19.3 Å².